The Morgan fingerprint density at radius 1 is 1.10 bits per heavy atom. The van der Waals surface area contributed by atoms with Gasteiger partial charge in [-0.15, -0.1) is 0 Å². The van der Waals surface area contributed by atoms with Gasteiger partial charge in [0.05, 0.1) is 0 Å². The molecular weight excluding hydrogens is 285 g/mol. The SMILES string of the molecule is NC(Cc1ccc2c(c1)CCC2)Cc1c(F)cccc1Cl. The van der Waals surface area contributed by atoms with E-state index in [4.69, 9.17) is 17.3 Å². The first-order valence-electron chi connectivity index (χ1n) is 7.42. The molecule has 0 bridgehead atoms. The Labute approximate surface area is 129 Å². The van der Waals surface area contributed by atoms with Crippen molar-refractivity contribution in [3.63, 3.8) is 0 Å². The number of fused-ring (bicyclic) bond motifs is 1. The molecule has 3 rings (SSSR count). The molecule has 2 aromatic rings. The van der Waals surface area contributed by atoms with Crippen LogP contribution in [0.15, 0.2) is 36.4 Å². The third-order valence-corrected chi connectivity index (χ3v) is 4.54. The van der Waals surface area contributed by atoms with Crippen LogP contribution >= 0.6 is 11.6 Å². The molecule has 110 valence electrons. The number of rotatable bonds is 4. The van der Waals surface area contributed by atoms with Crippen LogP contribution in [0.4, 0.5) is 4.39 Å². The maximum Gasteiger partial charge on any atom is 0.127 e. The van der Waals surface area contributed by atoms with E-state index in [2.05, 4.69) is 18.2 Å². The summed E-state index contributed by atoms with van der Waals surface area (Å²) in [4.78, 5) is 0. The highest BCUT2D eigenvalue weighted by Gasteiger charge is 2.15. The number of hydrogen-bond acceptors (Lipinski definition) is 1. The quantitative estimate of drug-likeness (QED) is 0.905. The van der Waals surface area contributed by atoms with Crippen molar-refractivity contribution in [2.24, 2.45) is 5.73 Å². The standard InChI is InChI=1S/C18H19ClFN/c19-17-5-2-6-18(20)16(17)11-15(21)10-12-7-8-13-3-1-4-14(13)9-12/h2,5-9,15H,1,3-4,10-11,21H2. The van der Waals surface area contributed by atoms with Crippen LogP contribution in [0, 0.1) is 5.82 Å². The van der Waals surface area contributed by atoms with Gasteiger partial charge < -0.3 is 5.73 Å². The summed E-state index contributed by atoms with van der Waals surface area (Å²) in [6, 6.07) is 11.2. The second-order valence-corrected chi connectivity index (χ2v) is 6.23. The van der Waals surface area contributed by atoms with Gasteiger partial charge in [-0.1, -0.05) is 35.9 Å². The Morgan fingerprint density at radius 3 is 2.71 bits per heavy atom. The van der Waals surface area contributed by atoms with Gasteiger partial charge in [-0.2, -0.15) is 0 Å². The summed E-state index contributed by atoms with van der Waals surface area (Å²) < 4.78 is 13.8. The smallest absolute Gasteiger partial charge is 0.127 e. The number of aryl methyl sites for hydroxylation is 2. The summed E-state index contributed by atoms with van der Waals surface area (Å²) in [5.41, 5.74) is 10.9. The molecule has 3 heteroatoms. The molecule has 1 aliphatic rings. The second-order valence-electron chi connectivity index (χ2n) is 5.83. The lowest BCUT2D eigenvalue weighted by Crippen LogP contribution is -2.26. The molecule has 1 unspecified atom stereocenters. The molecule has 0 amide bonds. The van der Waals surface area contributed by atoms with E-state index in [9.17, 15) is 4.39 Å². The third-order valence-electron chi connectivity index (χ3n) is 4.19. The summed E-state index contributed by atoms with van der Waals surface area (Å²) in [5.74, 6) is -0.271. The summed E-state index contributed by atoms with van der Waals surface area (Å²) >= 11 is 6.06. The number of halogens is 2. The Morgan fingerprint density at radius 2 is 1.90 bits per heavy atom. The largest absolute Gasteiger partial charge is 0.327 e. The first-order valence-corrected chi connectivity index (χ1v) is 7.80. The van der Waals surface area contributed by atoms with Crippen molar-refractivity contribution in [1.82, 2.24) is 0 Å². The van der Waals surface area contributed by atoms with Crippen LogP contribution in [0.1, 0.15) is 28.7 Å². The lowest BCUT2D eigenvalue weighted by atomic mass is 9.97. The van der Waals surface area contributed by atoms with Crippen LogP contribution in [0.25, 0.3) is 0 Å². The molecule has 1 nitrogen and oxygen atoms in total. The third kappa shape index (κ3) is 3.28. The van der Waals surface area contributed by atoms with Crippen LogP contribution in [0.2, 0.25) is 5.02 Å². The van der Waals surface area contributed by atoms with E-state index in [1.54, 1.807) is 12.1 Å². The molecule has 0 radical (unpaired) electrons. The van der Waals surface area contributed by atoms with Crippen molar-refractivity contribution < 1.29 is 4.39 Å². The minimum atomic E-state index is -0.271. The van der Waals surface area contributed by atoms with Gasteiger partial charge in [0.1, 0.15) is 5.82 Å². The van der Waals surface area contributed by atoms with Crippen molar-refractivity contribution in [3.8, 4) is 0 Å². The lowest BCUT2D eigenvalue weighted by Gasteiger charge is -2.14. The van der Waals surface area contributed by atoms with Gasteiger partial charge in [-0.05, 0) is 60.9 Å². The highest BCUT2D eigenvalue weighted by atomic mass is 35.5. The van der Waals surface area contributed by atoms with Crippen molar-refractivity contribution in [3.05, 3.63) is 69.5 Å². The second kappa shape index (κ2) is 6.17. The van der Waals surface area contributed by atoms with E-state index in [1.165, 1.54) is 35.6 Å². The van der Waals surface area contributed by atoms with Crippen LogP contribution < -0.4 is 5.73 Å². The first kappa shape index (κ1) is 14.6. The summed E-state index contributed by atoms with van der Waals surface area (Å²) in [6.45, 7) is 0. The van der Waals surface area contributed by atoms with Gasteiger partial charge in [-0.25, -0.2) is 4.39 Å². The summed E-state index contributed by atoms with van der Waals surface area (Å²) in [7, 11) is 0. The summed E-state index contributed by atoms with van der Waals surface area (Å²) in [5, 5.41) is 0.458. The molecule has 21 heavy (non-hydrogen) atoms. The molecule has 0 fully saturated rings. The molecule has 0 saturated heterocycles. The molecule has 0 aliphatic heterocycles. The zero-order chi connectivity index (χ0) is 14.8. The zero-order valence-corrected chi connectivity index (χ0v) is 12.7. The van der Waals surface area contributed by atoms with Crippen molar-refractivity contribution >= 4 is 11.6 Å². The van der Waals surface area contributed by atoms with Crippen LogP contribution in [-0.4, -0.2) is 6.04 Å². The monoisotopic (exact) mass is 303 g/mol. The van der Waals surface area contributed by atoms with Crippen LogP contribution in [0.3, 0.4) is 0 Å². The molecule has 1 atom stereocenters. The van der Waals surface area contributed by atoms with E-state index < -0.39 is 0 Å². The lowest BCUT2D eigenvalue weighted by molar-refractivity contribution is 0.584. The van der Waals surface area contributed by atoms with E-state index in [-0.39, 0.29) is 11.9 Å². The average Bonchev–Trinajstić information content (AvgIpc) is 2.90. The van der Waals surface area contributed by atoms with Crippen LogP contribution in [0.5, 0.6) is 0 Å². The molecule has 0 heterocycles. The van der Waals surface area contributed by atoms with E-state index >= 15 is 0 Å². The maximum atomic E-state index is 13.8. The Kier molecular flexibility index (Phi) is 4.27. The van der Waals surface area contributed by atoms with E-state index in [0.717, 1.165) is 12.8 Å². The van der Waals surface area contributed by atoms with Gasteiger partial charge in [-0.3, -0.25) is 0 Å². The summed E-state index contributed by atoms with van der Waals surface area (Å²) in [6.07, 6.45) is 4.81. The fourth-order valence-corrected chi connectivity index (χ4v) is 3.36. The van der Waals surface area contributed by atoms with Gasteiger partial charge in [0.2, 0.25) is 0 Å². The highest BCUT2D eigenvalue weighted by Crippen LogP contribution is 2.24. The molecule has 2 N–H and O–H groups in total. The Hall–Kier alpha value is -1.38. The maximum absolute atomic E-state index is 13.8. The highest BCUT2D eigenvalue weighted by molar-refractivity contribution is 6.31. The van der Waals surface area contributed by atoms with E-state index in [0.29, 0.717) is 17.0 Å². The fourth-order valence-electron chi connectivity index (χ4n) is 3.12. The van der Waals surface area contributed by atoms with Crippen molar-refractivity contribution in [2.75, 3.05) is 0 Å². The number of benzene rings is 2. The molecule has 0 spiro atoms. The fraction of sp³-hybridized carbons (Fsp3) is 0.333. The minimum absolute atomic E-state index is 0.126. The van der Waals surface area contributed by atoms with E-state index in [1.807, 2.05) is 0 Å². The van der Waals surface area contributed by atoms with Gasteiger partial charge >= 0.3 is 0 Å². The van der Waals surface area contributed by atoms with Gasteiger partial charge in [0.25, 0.3) is 0 Å². The molecule has 0 aromatic heterocycles. The predicted molar refractivity (Wildman–Crippen MR) is 85.3 cm³/mol. The normalized spacial score (nSPS) is 15.0. The average molecular weight is 304 g/mol. The van der Waals surface area contributed by atoms with Crippen molar-refractivity contribution in [1.29, 1.82) is 0 Å². The van der Waals surface area contributed by atoms with Crippen molar-refractivity contribution in [2.45, 2.75) is 38.1 Å². The minimum Gasteiger partial charge on any atom is -0.327 e. The molecular formula is C18H19ClFN. The van der Waals surface area contributed by atoms with Gasteiger partial charge in [0, 0.05) is 16.6 Å². The first-order chi connectivity index (χ1) is 10.1. The predicted octanol–water partition coefficient (Wildman–Crippen LogP) is 4.08. The molecule has 1 aliphatic carbocycles. The Bertz CT molecular complexity index is 633. The number of hydrogen-bond donors (Lipinski definition) is 1. The molecule has 0 saturated carbocycles. The number of nitrogens with two attached hydrogens (primary N) is 1. The Balaban J connectivity index is 1.70. The van der Waals surface area contributed by atoms with Gasteiger partial charge in [0.15, 0.2) is 0 Å². The molecule has 2 aromatic carbocycles. The topological polar surface area (TPSA) is 26.0 Å². The zero-order valence-electron chi connectivity index (χ0n) is 11.9. The van der Waals surface area contributed by atoms with Crippen LogP contribution in [-0.2, 0) is 25.7 Å².